The summed E-state index contributed by atoms with van der Waals surface area (Å²) in [5, 5.41) is -0.0725. The van der Waals surface area contributed by atoms with E-state index in [1.165, 1.54) is 29.4 Å². The molecule has 1 saturated heterocycles. The molecule has 1 aliphatic heterocycles. The van der Waals surface area contributed by atoms with Crippen molar-refractivity contribution in [2.45, 2.75) is 63.4 Å². The summed E-state index contributed by atoms with van der Waals surface area (Å²) >= 11 is 5.39. The van der Waals surface area contributed by atoms with Crippen molar-refractivity contribution in [3.05, 3.63) is 64.5 Å². The molecule has 35 heavy (non-hydrogen) atoms. The first-order valence-electron chi connectivity index (χ1n) is 11.0. The molecule has 0 spiro atoms. The lowest BCUT2D eigenvalue weighted by Gasteiger charge is -2.37. The summed E-state index contributed by atoms with van der Waals surface area (Å²) in [6.07, 6.45) is 2.92. The molecule has 0 radical (unpaired) electrons. The van der Waals surface area contributed by atoms with E-state index in [2.05, 4.69) is 50.4 Å². The number of esters is 1. The third-order valence-corrected chi connectivity index (χ3v) is 11.0. The van der Waals surface area contributed by atoms with Crippen LogP contribution in [-0.4, -0.2) is 63.5 Å². The summed E-state index contributed by atoms with van der Waals surface area (Å²) in [5.74, 6) is -0.701. The van der Waals surface area contributed by atoms with Crippen LogP contribution in [-0.2, 0) is 23.4 Å². The summed E-state index contributed by atoms with van der Waals surface area (Å²) in [6, 6.07) is 1.18. The second kappa shape index (κ2) is 10.4. The first kappa shape index (κ1) is 26.7. The number of ether oxygens (including phenoxy) is 3. The second-order valence-electron chi connectivity index (χ2n) is 9.58. The van der Waals surface area contributed by atoms with Crippen molar-refractivity contribution < 1.29 is 23.4 Å². The summed E-state index contributed by atoms with van der Waals surface area (Å²) in [6.45, 7) is 14.0. The van der Waals surface area contributed by atoms with Crippen LogP contribution in [0.25, 0.3) is 0 Å². The number of rotatable bonds is 7. The maximum absolute atomic E-state index is 12.6. The van der Waals surface area contributed by atoms with E-state index in [-0.39, 0.29) is 16.8 Å². The van der Waals surface area contributed by atoms with Gasteiger partial charge in [0, 0.05) is 30.7 Å². The van der Waals surface area contributed by atoms with E-state index in [1.807, 2.05) is 0 Å². The molecule has 0 amide bonds. The Balaban J connectivity index is 2.00. The van der Waals surface area contributed by atoms with Crippen LogP contribution in [0.5, 0.6) is 0 Å². The van der Waals surface area contributed by atoms with Crippen LogP contribution >= 0.6 is 12.2 Å². The Bertz CT molecular complexity index is 1190. The molecule has 11 nitrogen and oxygen atoms in total. The minimum Gasteiger partial charge on any atom is -0.458 e. The molecule has 4 atom stereocenters. The van der Waals surface area contributed by atoms with Crippen molar-refractivity contribution in [3.63, 3.8) is 0 Å². The van der Waals surface area contributed by atoms with Crippen LogP contribution in [0.3, 0.4) is 0 Å². The van der Waals surface area contributed by atoms with Gasteiger partial charge in [0.2, 0.25) is 0 Å². The average Bonchev–Trinajstić information content (AvgIpc) is 3.41. The van der Waals surface area contributed by atoms with Crippen molar-refractivity contribution in [2.24, 2.45) is 0 Å². The standard InChI is InChI=1S/C22H30N4O7SSi/c1-7-16(28)32-17-14(12-30-35(5,6)22(2,3)4)31-19(26-10-8-15(27)24-20(26)29)18(17)33-21(34)25-11-9-23-13-25/h7-11,13-14,17-19H,1,12H2,2-6H3,(H,24,27,29)/t14-,17-,18-,19-/m1/s1. The van der Waals surface area contributed by atoms with E-state index in [9.17, 15) is 14.4 Å². The van der Waals surface area contributed by atoms with Crippen molar-refractivity contribution in [1.82, 2.24) is 19.1 Å². The smallest absolute Gasteiger partial charge is 0.330 e. The lowest BCUT2D eigenvalue weighted by molar-refractivity contribution is -0.149. The van der Waals surface area contributed by atoms with E-state index in [1.54, 1.807) is 6.20 Å². The molecule has 3 heterocycles. The van der Waals surface area contributed by atoms with Gasteiger partial charge in [0.25, 0.3) is 10.7 Å². The van der Waals surface area contributed by atoms with Crippen LogP contribution in [0.2, 0.25) is 18.1 Å². The Morgan fingerprint density at radius 3 is 2.57 bits per heavy atom. The van der Waals surface area contributed by atoms with Gasteiger partial charge < -0.3 is 18.6 Å². The molecule has 190 valence electrons. The third-order valence-electron chi connectivity index (χ3n) is 6.20. The predicted octanol–water partition coefficient (Wildman–Crippen LogP) is 1.97. The topological polar surface area (TPSA) is 127 Å². The van der Waals surface area contributed by atoms with E-state index in [0.29, 0.717) is 0 Å². The number of nitrogens with one attached hydrogen (secondary N) is 1. The van der Waals surface area contributed by atoms with Gasteiger partial charge in [-0.05, 0) is 30.4 Å². The highest BCUT2D eigenvalue weighted by Crippen LogP contribution is 2.39. The highest BCUT2D eigenvalue weighted by atomic mass is 32.1. The van der Waals surface area contributed by atoms with Crippen LogP contribution in [0.1, 0.15) is 27.0 Å². The zero-order valence-corrected chi connectivity index (χ0v) is 22.1. The monoisotopic (exact) mass is 522 g/mol. The highest BCUT2D eigenvalue weighted by Gasteiger charge is 2.51. The molecular formula is C22H30N4O7SSi. The van der Waals surface area contributed by atoms with Crippen molar-refractivity contribution in [1.29, 1.82) is 0 Å². The Labute approximate surface area is 208 Å². The zero-order valence-electron chi connectivity index (χ0n) is 20.3. The number of aromatic amines is 1. The quantitative estimate of drug-likeness (QED) is 0.251. The average molecular weight is 523 g/mol. The van der Waals surface area contributed by atoms with Crippen molar-refractivity contribution >= 4 is 31.7 Å². The van der Waals surface area contributed by atoms with Gasteiger partial charge in [-0.2, -0.15) is 0 Å². The maximum atomic E-state index is 12.6. The Kier molecular flexibility index (Phi) is 7.94. The van der Waals surface area contributed by atoms with Gasteiger partial charge >= 0.3 is 11.7 Å². The summed E-state index contributed by atoms with van der Waals surface area (Å²) < 4.78 is 26.8. The van der Waals surface area contributed by atoms with E-state index >= 15 is 0 Å². The normalized spacial score (nSPS) is 22.5. The molecule has 13 heteroatoms. The summed E-state index contributed by atoms with van der Waals surface area (Å²) in [5.41, 5.74) is -1.28. The molecule has 0 unspecified atom stereocenters. The Hall–Kier alpha value is -2.87. The zero-order chi connectivity index (χ0) is 26.0. The van der Waals surface area contributed by atoms with E-state index < -0.39 is 50.1 Å². The number of thiocarbonyl (C=S) groups is 1. The van der Waals surface area contributed by atoms with Gasteiger partial charge in [-0.1, -0.05) is 27.4 Å². The first-order valence-corrected chi connectivity index (χ1v) is 14.3. The molecule has 1 aliphatic rings. The van der Waals surface area contributed by atoms with Crippen molar-refractivity contribution in [2.75, 3.05) is 6.61 Å². The number of hydrogen-bond acceptors (Lipinski definition) is 9. The van der Waals surface area contributed by atoms with E-state index in [0.717, 1.165) is 10.6 Å². The van der Waals surface area contributed by atoms with Crippen LogP contribution < -0.4 is 11.2 Å². The van der Waals surface area contributed by atoms with E-state index in [4.69, 9.17) is 30.9 Å². The number of carbonyl (C=O) groups excluding carboxylic acids is 1. The van der Waals surface area contributed by atoms with Gasteiger partial charge in [0.15, 0.2) is 26.8 Å². The fraction of sp³-hybridized carbons (Fsp3) is 0.500. The molecule has 0 aromatic carbocycles. The number of nitrogens with zero attached hydrogens (tertiary/aromatic N) is 3. The number of imidazole rings is 1. The largest absolute Gasteiger partial charge is 0.458 e. The fourth-order valence-electron chi connectivity index (χ4n) is 3.20. The van der Waals surface area contributed by atoms with Gasteiger partial charge in [-0.15, -0.1) is 0 Å². The minimum atomic E-state index is -2.20. The van der Waals surface area contributed by atoms with Crippen LogP contribution in [0.15, 0.2) is 53.2 Å². The molecule has 0 aliphatic carbocycles. The number of H-pyrrole nitrogens is 1. The molecular weight excluding hydrogens is 492 g/mol. The fourth-order valence-corrected chi connectivity index (χ4v) is 4.43. The molecule has 0 saturated carbocycles. The number of aromatic nitrogens is 4. The first-order chi connectivity index (χ1) is 16.3. The minimum absolute atomic E-state index is 0.00388. The molecule has 2 aromatic heterocycles. The van der Waals surface area contributed by atoms with Crippen molar-refractivity contribution in [3.8, 4) is 0 Å². The molecule has 0 bridgehead atoms. The van der Waals surface area contributed by atoms with Gasteiger partial charge in [0.1, 0.15) is 12.4 Å². The molecule has 3 rings (SSSR count). The number of carbonyl (C=O) groups is 1. The Morgan fingerprint density at radius 1 is 1.29 bits per heavy atom. The molecule has 1 fully saturated rings. The summed E-state index contributed by atoms with van der Waals surface area (Å²) in [7, 11) is -2.20. The summed E-state index contributed by atoms with van der Waals surface area (Å²) in [4.78, 5) is 42.6. The Morgan fingerprint density at radius 2 is 2.00 bits per heavy atom. The lowest BCUT2D eigenvalue weighted by atomic mass is 10.1. The maximum Gasteiger partial charge on any atom is 0.330 e. The van der Waals surface area contributed by atoms with Crippen LogP contribution in [0, 0.1) is 0 Å². The molecule has 2 aromatic rings. The third kappa shape index (κ3) is 6.04. The second-order valence-corrected chi connectivity index (χ2v) is 14.7. The van der Waals surface area contributed by atoms with Crippen LogP contribution in [0.4, 0.5) is 0 Å². The molecule has 1 N–H and O–H groups in total. The highest BCUT2D eigenvalue weighted by molar-refractivity contribution is 7.80. The van der Waals surface area contributed by atoms with Gasteiger partial charge in [-0.3, -0.25) is 18.9 Å². The SMILES string of the molecule is C=CC(=O)O[C@H]1[C@@H](OC(=S)n2ccnc2)[C@H](n2ccc(=O)[nH]c2=O)O[C@@H]1CO[Si](C)(C)C(C)(C)C. The van der Waals surface area contributed by atoms with Gasteiger partial charge in [0.05, 0.1) is 6.61 Å². The predicted molar refractivity (Wildman–Crippen MR) is 134 cm³/mol. The lowest BCUT2D eigenvalue weighted by Crippen LogP contribution is -2.46. The van der Waals surface area contributed by atoms with Gasteiger partial charge in [-0.25, -0.2) is 14.6 Å². The number of hydrogen-bond donors (Lipinski definition) is 1.